The molecule has 0 saturated carbocycles. The van der Waals surface area contributed by atoms with Gasteiger partial charge in [0, 0.05) is 18.7 Å². The molecule has 1 aromatic rings. The van der Waals surface area contributed by atoms with Gasteiger partial charge in [-0.05, 0) is 37.4 Å². The van der Waals surface area contributed by atoms with E-state index in [1.165, 1.54) is 23.4 Å². The van der Waals surface area contributed by atoms with Gasteiger partial charge in [-0.3, -0.25) is 4.79 Å². The SMILES string of the molecule is CC(=O)c1ccc(S(=O)(=O)N2CCC(C)(CN)C2)cc1. The molecule has 0 aromatic heterocycles. The fourth-order valence-corrected chi connectivity index (χ4v) is 3.95. The molecule has 1 atom stereocenters. The van der Waals surface area contributed by atoms with Crippen LogP contribution in [0.2, 0.25) is 0 Å². The summed E-state index contributed by atoms with van der Waals surface area (Å²) >= 11 is 0. The van der Waals surface area contributed by atoms with E-state index >= 15 is 0 Å². The van der Waals surface area contributed by atoms with Gasteiger partial charge in [-0.15, -0.1) is 0 Å². The average Bonchev–Trinajstić information content (AvgIpc) is 2.83. The quantitative estimate of drug-likeness (QED) is 0.848. The van der Waals surface area contributed by atoms with Gasteiger partial charge < -0.3 is 5.73 Å². The van der Waals surface area contributed by atoms with Crippen LogP contribution in [-0.2, 0) is 10.0 Å². The summed E-state index contributed by atoms with van der Waals surface area (Å²) in [4.78, 5) is 11.4. The summed E-state index contributed by atoms with van der Waals surface area (Å²) in [5.74, 6) is -0.0779. The molecule has 0 spiro atoms. The zero-order chi connectivity index (χ0) is 15.0. The average molecular weight is 296 g/mol. The Morgan fingerprint density at radius 2 is 1.95 bits per heavy atom. The minimum absolute atomic E-state index is 0.0779. The van der Waals surface area contributed by atoms with Crippen molar-refractivity contribution in [2.75, 3.05) is 19.6 Å². The topological polar surface area (TPSA) is 80.5 Å². The summed E-state index contributed by atoms with van der Waals surface area (Å²) in [7, 11) is -3.50. The van der Waals surface area contributed by atoms with Crippen molar-refractivity contribution in [2.45, 2.75) is 25.2 Å². The largest absolute Gasteiger partial charge is 0.330 e. The van der Waals surface area contributed by atoms with Crippen molar-refractivity contribution in [2.24, 2.45) is 11.1 Å². The molecule has 0 radical (unpaired) electrons. The zero-order valence-corrected chi connectivity index (χ0v) is 12.6. The van der Waals surface area contributed by atoms with E-state index in [0.717, 1.165) is 6.42 Å². The third kappa shape index (κ3) is 2.77. The molecule has 1 aliphatic heterocycles. The molecule has 0 aliphatic carbocycles. The highest BCUT2D eigenvalue weighted by Crippen LogP contribution is 2.32. The Labute approximate surface area is 119 Å². The van der Waals surface area contributed by atoms with Gasteiger partial charge in [-0.2, -0.15) is 4.31 Å². The molecular weight excluding hydrogens is 276 g/mol. The number of nitrogens with two attached hydrogens (primary N) is 1. The van der Waals surface area contributed by atoms with Gasteiger partial charge in [0.25, 0.3) is 0 Å². The molecule has 2 N–H and O–H groups in total. The maximum Gasteiger partial charge on any atom is 0.243 e. The van der Waals surface area contributed by atoms with Crippen LogP contribution < -0.4 is 5.73 Å². The van der Waals surface area contributed by atoms with Gasteiger partial charge >= 0.3 is 0 Å². The van der Waals surface area contributed by atoms with Crippen molar-refractivity contribution in [3.63, 3.8) is 0 Å². The van der Waals surface area contributed by atoms with E-state index in [4.69, 9.17) is 5.73 Å². The lowest BCUT2D eigenvalue weighted by Gasteiger charge is -2.22. The second-order valence-electron chi connectivity index (χ2n) is 5.68. The Kier molecular flexibility index (Phi) is 4.00. The molecule has 1 unspecified atom stereocenters. The Hall–Kier alpha value is -1.24. The lowest BCUT2D eigenvalue weighted by atomic mass is 9.90. The van der Waals surface area contributed by atoms with E-state index in [0.29, 0.717) is 25.2 Å². The first-order chi connectivity index (χ1) is 9.28. The summed E-state index contributed by atoms with van der Waals surface area (Å²) in [6, 6.07) is 6.08. The molecule has 1 aliphatic rings. The minimum atomic E-state index is -3.50. The van der Waals surface area contributed by atoms with E-state index in [1.807, 2.05) is 6.92 Å². The predicted molar refractivity (Wildman–Crippen MR) is 77.0 cm³/mol. The Morgan fingerprint density at radius 3 is 2.40 bits per heavy atom. The minimum Gasteiger partial charge on any atom is -0.330 e. The van der Waals surface area contributed by atoms with Crippen molar-refractivity contribution >= 4 is 15.8 Å². The van der Waals surface area contributed by atoms with Gasteiger partial charge in [0.05, 0.1) is 4.90 Å². The zero-order valence-electron chi connectivity index (χ0n) is 11.8. The lowest BCUT2D eigenvalue weighted by molar-refractivity contribution is 0.101. The highest BCUT2D eigenvalue weighted by Gasteiger charge is 2.38. The van der Waals surface area contributed by atoms with Crippen LogP contribution in [0.1, 0.15) is 30.6 Å². The Balaban J connectivity index is 2.25. The number of benzene rings is 1. The first kappa shape index (κ1) is 15.2. The number of Topliss-reactive ketones (excluding diaryl/α,β-unsaturated/α-hetero) is 1. The molecular formula is C14H20N2O3S. The van der Waals surface area contributed by atoms with Gasteiger partial charge in [-0.1, -0.05) is 19.1 Å². The van der Waals surface area contributed by atoms with E-state index < -0.39 is 10.0 Å². The lowest BCUT2D eigenvalue weighted by Crippen LogP contribution is -2.34. The van der Waals surface area contributed by atoms with E-state index in [1.54, 1.807) is 12.1 Å². The summed E-state index contributed by atoms with van der Waals surface area (Å²) < 4.78 is 26.5. The van der Waals surface area contributed by atoms with Gasteiger partial charge in [0.15, 0.2) is 5.78 Å². The fourth-order valence-electron chi connectivity index (χ4n) is 2.36. The first-order valence-corrected chi connectivity index (χ1v) is 8.04. The molecule has 0 bridgehead atoms. The van der Waals surface area contributed by atoms with Crippen LogP contribution in [0, 0.1) is 5.41 Å². The van der Waals surface area contributed by atoms with Gasteiger partial charge in [0.1, 0.15) is 0 Å². The summed E-state index contributed by atoms with van der Waals surface area (Å²) in [6.07, 6.45) is 0.772. The van der Waals surface area contributed by atoms with Crippen molar-refractivity contribution < 1.29 is 13.2 Å². The monoisotopic (exact) mass is 296 g/mol. The molecule has 5 nitrogen and oxygen atoms in total. The van der Waals surface area contributed by atoms with E-state index in [9.17, 15) is 13.2 Å². The van der Waals surface area contributed by atoms with Crippen LogP contribution in [0.4, 0.5) is 0 Å². The third-order valence-electron chi connectivity index (χ3n) is 3.91. The van der Waals surface area contributed by atoms with Crippen molar-refractivity contribution in [1.29, 1.82) is 0 Å². The molecule has 0 amide bonds. The molecule has 1 fully saturated rings. The molecule has 1 saturated heterocycles. The van der Waals surface area contributed by atoms with E-state index in [2.05, 4.69) is 0 Å². The normalized spacial score (nSPS) is 23.9. The maximum absolute atomic E-state index is 12.5. The summed E-state index contributed by atoms with van der Waals surface area (Å²) in [6.45, 7) is 4.87. The van der Waals surface area contributed by atoms with Crippen molar-refractivity contribution in [3.8, 4) is 0 Å². The number of carbonyl (C=O) groups excluding carboxylic acids is 1. The van der Waals surface area contributed by atoms with E-state index in [-0.39, 0.29) is 16.1 Å². The fraction of sp³-hybridized carbons (Fsp3) is 0.500. The number of hydrogen-bond acceptors (Lipinski definition) is 4. The number of carbonyl (C=O) groups is 1. The van der Waals surface area contributed by atoms with Gasteiger partial charge in [0.2, 0.25) is 10.0 Å². The number of ketones is 1. The molecule has 110 valence electrons. The second kappa shape index (κ2) is 5.27. The van der Waals surface area contributed by atoms with Crippen LogP contribution in [0.25, 0.3) is 0 Å². The molecule has 20 heavy (non-hydrogen) atoms. The summed E-state index contributed by atoms with van der Waals surface area (Å²) in [5, 5.41) is 0. The molecule has 1 aromatic carbocycles. The standard InChI is InChI=1S/C14H20N2O3S/c1-11(17)12-3-5-13(6-4-12)20(18,19)16-8-7-14(2,9-15)10-16/h3-6H,7-10,15H2,1-2H3. The van der Waals surface area contributed by atoms with Crippen molar-refractivity contribution in [1.82, 2.24) is 4.31 Å². The smallest absolute Gasteiger partial charge is 0.243 e. The van der Waals surface area contributed by atoms with Crippen LogP contribution in [0.15, 0.2) is 29.2 Å². The van der Waals surface area contributed by atoms with Crippen molar-refractivity contribution in [3.05, 3.63) is 29.8 Å². The van der Waals surface area contributed by atoms with Gasteiger partial charge in [-0.25, -0.2) is 8.42 Å². The molecule has 6 heteroatoms. The second-order valence-corrected chi connectivity index (χ2v) is 7.62. The maximum atomic E-state index is 12.5. The van der Waals surface area contributed by atoms with Crippen LogP contribution in [0.5, 0.6) is 0 Å². The Bertz CT molecular complexity index is 610. The van der Waals surface area contributed by atoms with Crippen LogP contribution in [-0.4, -0.2) is 38.1 Å². The first-order valence-electron chi connectivity index (χ1n) is 6.60. The number of rotatable bonds is 4. The third-order valence-corrected chi connectivity index (χ3v) is 5.77. The highest BCUT2D eigenvalue weighted by molar-refractivity contribution is 7.89. The number of sulfonamides is 1. The summed E-state index contributed by atoms with van der Waals surface area (Å²) in [5.41, 5.74) is 6.07. The van der Waals surface area contributed by atoms with Crippen LogP contribution in [0.3, 0.4) is 0 Å². The predicted octanol–water partition coefficient (Wildman–Crippen LogP) is 1.25. The Morgan fingerprint density at radius 1 is 1.35 bits per heavy atom. The molecule has 2 rings (SSSR count). The van der Waals surface area contributed by atoms with Crippen LogP contribution >= 0.6 is 0 Å². The number of hydrogen-bond donors (Lipinski definition) is 1. The molecule has 1 heterocycles. The highest BCUT2D eigenvalue weighted by atomic mass is 32.2. The number of nitrogens with zero attached hydrogens (tertiary/aromatic N) is 1.